The van der Waals surface area contributed by atoms with Crippen molar-refractivity contribution in [2.24, 2.45) is 4.99 Å². The van der Waals surface area contributed by atoms with Crippen molar-refractivity contribution in [1.29, 1.82) is 0 Å². The number of aliphatic hydroxyl groups excluding tert-OH is 1. The maximum atomic E-state index is 15.3. The number of rotatable bonds is 7. The lowest BCUT2D eigenvalue weighted by molar-refractivity contribution is 0.188. The number of aliphatic imine (C=N–C) groups is 1. The molecule has 0 unspecified atom stereocenters. The van der Waals surface area contributed by atoms with E-state index in [0.717, 1.165) is 30.3 Å². The van der Waals surface area contributed by atoms with Crippen LogP contribution in [0.25, 0.3) is 6.08 Å². The van der Waals surface area contributed by atoms with E-state index >= 15 is 4.39 Å². The van der Waals surface area contributed by atoms with Gasteiger partial charge < -0.3 is 20.1 Å². The summed E-state index contributed by atoms with van der Waals surface area (Å²) in [6.45, 7) is 8.00. The molecule has 10 heteroatoms. The molecular weight excluding hydrogens is 478 g/mol. The molecule has 5 rings (SSSR count). The highest BCUT2D eigenvalue weighted by Crippen LogP contribution is 2.36. The number of hydrogen-bond donors (Lipinski definition) is 2. The summed E-state index contributed by atoms with van der Waals surface area (Å²) in [6.07, 6.45) is 7.90. The van der Waals surface area contributed by atoms with Crippen LogP contribution in [0.15, 0.2) is 46.5 Å². The van der Waals surface area contributed by atoms with Crippen molar-refractivity contribution in [3.63, 3.8) is 0 Å². The van der Waals surface area contributed by atoms with Gasteiger partial charge in [-0.1, -0.05) is 23.8 Å². The minimum Gasteiger partial charge on any atom is -0.421 e. The predicted molar refractivity (Wildman–Crippen MR) is 140 cm³/mol. The van der Waals surface area contributed by atoms with Crippen LogP contribution in [0, 0.1) is 11.6 Å². The van der Waals surface area contributed by atoms with E-state index in [2.05, 4.69) is 30.1 Å². The fourth-order valence-corrected chi connectivity index (χ4v) is 4.73. The first-order valence-corrected chi connectivity index (χ1v) is 12.4. The lowest BCUT2D eigenvalue weighted by atomic mass is 10.1. The summed E-state index contributed by atoms with van der Waals surface area (Å²) in [7, 11) is 0. The number of anilines is 2. The second-order valence-electron chi connectivity index (χ2n) is 9.32. The molecule has 1 aliphatic carbocycles. The van der Waals surface area contributed by atoms with Gasteiger partial charge in [0.05, 0.1) is 13.2 Å². The molecule has 0 spiro atoms. The van der Waals surface area contributed by atoms with E-state index < -0.39 is 11.6 Å². The molecule has 0 saturated carbocycles. The van der Waals surface area contributed by atoms with E-state index in [1.807, 2.05) is 32.1 Å². The third-order valence-corrected chi connectivity index (χ3v) is 6.57. The predicted octanol–water partition coefficient (Wildman–Crippen LogP) is 3.95. The molecule has 1 aromatic heterocycles. The number of β-amino-alcohol motifs (C(OH)–C–C–N with tert-alkyl or cyclic N) is 1. The van der Waals surface area contributed by atoms with Crippen LogP contribution in [0.2, 0.25) is 0 Å². The van der Waals surface area contributed by atoms with E-state index in [1.54, 1.807) is 12.1 Å². The van der Waals surface area contributed by atoms with Gasteiger partial charge in [-0.2, -0.15) is 9.97 Å². The lowest BCUT2D eigenvalue weighted by Crippen LogP contribution is -2.47. The van der Waals surface area contributed by atoms with E-state index in [-0.39, 0.29) is 23.9 Å². The number of fused-ring (bicyclic) bond motifs is 1. The summed E-state index contributed by atoms with van der Waals surface area (Å²) >= 11 is 0. The number of piperazine rings is 1. The Labute approximate surface area is 214 Å². The Hall–Kier alpha value is -3.63. The van der Waals surface area contributed by atoms with Gasteiger partial charge in [0.25, 0.3) is 0 Å². The van der Waals surface area contributed by atoms with E-state index in [4.69, 9.17) is 4.74 Å². The van der Waals surface area contributed by atoms with Gasteiger partial charge in [0.2, 0.25) is 0 Å². The van der Waals surface area contributed by atoms with Crippen LogP contribution in [0.3, 0.4) is 0 Å². The average Bonchev–Trinajstić information content (AvgIpc) is 3.49. The summed E-state index contributed by atoms with van der Waals surface area (Å²) in [6, 6.07) is 2.76. The number of allylic oxidation sites excluding steroid dienone is 2. The quantitative estimate of drug-likeness (QED) is 0.586. The van der Waals surface area contributed by atoms with Crippen LogP contribution in [0.5, 0.6) is 11.8 Å². The normalized spacial score (nSPS) is 17.6. The van der Waals surface area contributed by atoms with Crippen LogP contribution < -0.4 is 15.0 Å². The van der Waals surface area contributed by atoms with Gasteiger partial charge in [0, 0.05) is 56.0 Å². The van der Waals surface area contributed by atoms with Crippen molar-refractivity contribution in [1.82, 2.24) is 14.9 Å². The number of aromatic nitrogens is 2. The van der Waals surface area contributed by atoms with E-state index in [9.17, 15) is 9.50 Å². The van der Waals surface area contributed by atoms with Gasteiger partial charge in [-0.3, -0.25) is 9.89 Å². The van der Waals surface area contributed by atoms with Crippen molar-refractivity contribution in [3.8, 4) is 11.8 Å². The van der Waals surface area contributed by atoms with Crippen LogP contribution in [-0.4, -0.2) is 71.7 Å². The van der Waals surface area contributed by atoms with Crippen molar-refractivity contribution in [2.75, 3.05) is 56.1 Å². The first-order valence-electron chi connectivity index (χ1n) is 12.4. The fraction of sp³-hybridized carbons (Fsp3) is 0.370. The van der Waals surface area contributed by atoms with Gasteiger partial charge in [0.15, 0.2) is 11.6 Å². The highest BCUT2D eigenvalue weighted by molar-refractivity contribution is 6.05. The van der Waals surface area contributed by atoms with Crippen molar-refractivity contribution >= 4 is 23.5 Å². The topological polar surface area (TPSA) is 86.1 Å². The standard InChI is InChI=1S/C27H30F2N6O2/c1-3-4-18-13-23(30-16-18)31-24-15-25(35-7-5-34(6-8-35)9-10-36)33-27(32-24)37-22-14-21(28)19-11-17(2)12-20(19)26(22)29/h3-4,12-15,36H,5-11,16H2,1-2H3,(H,30,31,32,33)/b4-3-. The Morgan fingerprint density at radius 3 is 2.70 bits per heavy atom. The second kappa shape index (κ2) is 10.8. The van der Waals surface area contributed by atoms with Gasteiger partial charge in [-0.25, -0.2) is 8.78 Å². The van der Waals surface area contributed by atoms with Crippen molar-refractivity contribution < 1.29 is 18.6 Å². The van der Waals surface area contributed by atoms with Crippen molar-refractivity contribution in [3.05, 3.63) is 64.3 Å². The zero-order valence-electron chi connectivity index (χ0n) is 21.0. The van der Waals surface area contributed by atoms with Gasteiger partial charge in [-0.05, 0) is 31.9 Å². The number of hydrogen-bond acceptors (Lipinski definition) is 8. The minimum atomic E-state index is -0.631. The molecule has 2 aliphatic heterocycles. The Morgan fingerprint density at radius 1 is 1.14 bits per heavy atom. The van der Waals surface area contributed by atoms with Gasteiger partial charge >= 0.3 is 6.01 Å². The summed E-state index contributed by atoms with van der Waals surface area (Å²) in [5, 5.41) is 12.4. The molecule has 37 heavy (non-hydrogen) atoms. The molecule has 2 aromatic rings. The Kier molecular flexibility index (Phi) is 7.29. The largest absolute Gasteiger partial charge is 0.421 e. The highest BCUT2D eigenvalue weighted by atomic mass is 19.1. The smallest absolute Gasteiger partial charge is 0.326 e. The summed E-state index contributed by atoms with van der Waals surface area (Å²) in [5.74, 6) is 0.278. The number of amidine groups is 1. The SMILES string of the molecule is C/C=C\C1=CC(Nc2cc(N3CCN(CCO)CC3)nc(Oc3cc(F)c4c(c3F)C=C(C)C4)n2)=NC1. The fourth-order valence-electron chi connectivity index (χ4n) is 4.73. The minimum absolute atomic E-state index is 0.0917. The molecule has 1 saturated heterocycles. The maximum absolute atomic E-state index is 15.3. The third kappa shape index (κ3) is 5.55. The number of aliphatic hydroxyl groups is 1. The average molecular weight is 509 g/mol. The third-order valence-electron chi connectivity index (χ3n) is 6.57. The molecule has 2 N–H and O–H groups in total. The van der Waals surface area contributed by atoms with E-state index in [1.165, 1.54) is 0 Å². The first kappa shape index (κ1) is 25.0. The molecule has 1 aromatic carbocycles. The molecule has 3 heterocycles. The number of nitrogens with zero attached hydrogens (tertiary/aromatic N) is 5. The Balaban J connectivity index is 1.45. The van der Waals surface area contributed by atoms with Crippen LogP contribution >= 0.6 is 0 Å². The van der Waals surface area contributed by atoms with Crippen LogP contribution in [-0.2, 0) is 6.42 Å². The maximum Gasteiger partial charge on any atom is 0.326 e. The van der Waals surface area contributed by atoms with Crippen molar-refractivity contribution in [2.45, 2.75) is 20.3 Å². The van der Waals surface area contributed by atoms with Crippen LogP contribution in [0.4, 0.5) is 20.4 Å². The molecule has 8 nitrogen and oxygen atoms in total. The summed E-state index contributed by atoms with van der Waals surface area (Å²) < 4.78 is 35.7. The Bertz CT molecular complexity index is 1310. The number of benzene rings is 1. The summed E-state index contributed by atoms with van der Waals surface area (Å²) in [5.41, 5.74) is 2.50. The molecule has 1 fully saturated rings. The number of ether oxygens (including phenoxy) is 1. The second-order valence-corrected chi connectivity index (χ2v) is 9.32. The molecule has 3 aliphatic rings. The van der Waals surface area contributed by atoms with Gasteiger partial charge in [0.1, 0.15) is 23.3 Å². The highest BCUT2D eigenvalue weighted by Gasteiger charge is 2.25. The van der Waals surface area contributed by atoms with Gasteiger partial charge in [-0.15, -0.1) is 0 Å². The zero-order chi connectivity index (χ0) is 25.9. The molecule has 0 radical (unpaired) electrons. The molecule has 0 atom stereocenters. The van der Waals surface area contributed by atoms with E-state index in [0.29, 0.717) is 55.6 Å². The molecular formula is C27H30F2N6O2. The summed E-state index contributed by atoms with van der Waals surface area (Å²) in [4.78, 5) is 17.7. The molecule has 0 bridgehead atoms. The monoisotopic (exact) mass is 508 g/mol. The number of nitrogens with one attached hydrogen (secondary N) is 1. The number of halogens is 2. The lowest BCUT2D eigenvalue weighted by Gasteiger charge is -2.35. The Morgan fingerprint density at radius 2 is 1.95 bits per heavy atom. The zero-order valence-corrected chi connectivity index (χ0v) is 21.0. The van der Waals surface area contributed by atoms with Crippen LogP contribution in [0.1, 0.15) is 25.0 Å². The molecule has 0 amide bonds. The molecule has 194 valence electrons. The first-order chi connectivity index (χ1) is 17.9.